The third kappa shape index (κ3) is 5.49. The van der Waals surface area contributed by atoms with Gasteiger partial charge in [0.2, 0.25) is 0 Å². The van der Waals surface area contributed by atoms with E-state index in [9.17, 15) is 4.79 Å². The van der Waals surface area contributed by atoms with Crippen LogP contribution in [0.3, 0.4) is 0 Å². The largest absolute Gasteiger partial charge is 0.497 e. The maximum absolute atomic E-state index is 12.3. The highest BCUT2D eigenvalue weighted by molar-refractivity contribution is 5.80. The first-order valence-electron chi connectivity index (χ1n) is 9.85. The molecule has 3 rings (SSSR count). The van der Waals surface area contributed by atoms with Crippen LogP contribution in [0.4, 0.5) is 0 Å². The zero-order valence-corrected chi connectivity index (χ0v) is 16.3. The summed E-state index contributed by atoms with van der Waals surface area (Å²) in [5.74, 6) is 1.58. The molecule has 27 heavy (non-hydrogen) atoms. The average molecular weight is 367 g/mol. The van der Waals surface area contributed by atoms with Crippen LogP contribution < -0.4 is 14.8 Å². The highest BCUT2D eigenvalue weighted by Crippen LogP contribution is 2.25. The van der Waals surface area contributed by atoms with E-state index in [1.165, 1.54) is 29.5 Å². The molecule has 2 aromatic rings. The summed E-state index contributed by atoms with van der Waals surface area (Å²) in [4.78, 5) is 12.3. The number of nitrogens with one attached hydrogen (secondary N) is 1. The van der Waals surface area contributed by atoms with Gasteiger partial charge in [-0.05, 0) is 86.4 Å². The summed E-state index contributed by atoms with van der Waals surface area (Å²) in [7, 11) is 1.67. The number of benzene rings is 2. The van der Waals surface area contributed by atoms with Gasteiger partial charge in [-0.15, -0.1) is 0 Å². The van der Waals surface area contributed by atoms with Crippen LogP contribution >= 0.6 is 0 Å². The van der Waals surface area contributed by atoms with Gasteiger partial charge in [-0.1, -0.05) is 18.2 Å². The zero-order chi connectivity index (χ0) is 19.1. The number of fused-ring (bicyclic) bond motifs is 1. The maximum atomic E-state index is 12.3. The fourth-order valence-corrected chi connectivity index (χ4v) is 3.52. The number of hydrogen-bond acceptors (Lipinski definition) is 3. The Morgan fingerprint density at radius 2 is 1.89 bits per heavy atom. The van der Waals surface area contributed by atoms with E-state index in [1.807, 2.05) is 24.3 Å². The van der Waals surface area contributed by atoms with Gasteiger partial charge >= 0.3 is 0 Å². The molecule has 1 amide bonds. The van der Waals surface area contributed by atoms with Crippen LogP contribution in [0, 0.1) is 0 Å². The fourth-order valence-electron chi connectivity index (χ4n) is 3.52. The van der Waals surface area contributed by atoms with Gasteiger partial charge in [0.25, 0.3) is 5.91 Å². The molecule has 4 heteroatoms. The summed E-state index contributed by atoms with van der Waals surface area (Å²) in [6.45, 7) is 2.44. The Bertz CT molecular complexity index is 772. The van der Waals surface area contributed by atoms with Crippen LogP contribution in [-0.4, -0.2) is 25.7 Å². The molecule has 0 spiro atoms. The smallest absolute Gasteiger partial charge is 0.260 e. The van der Waals surface area contributed by atoms with Gasteiger partial charge in [0.1, 0.15) is 11.5 Å². The lowest BCUT2D eigenvalue weighted by atomic mass is 9.92. The summed E-state index contributed by atoms with van der Waals surface area (Å²) >= 11 is 0. The molecule has 0 saturated heterocycles. The van der Waals surface area contributed by atoms with E-state index in [4.69, 9.17) is 9.47 Å². The van der Waals surface area contributed by atoms with Crippen LogP contribution in [0.15, 0.2) is 42.5 Å². The lowest BCUT2D eigenvalue weighted by Crippen LogP contribution is -2.37. The van der Waals surface area contributed by atoms with E-state index in [1.54, 1.807) is 14.0 Å². The number of ether oxygens (including phenoxy) is 2. The molecule has 0 bridgehead atoms. The Balaban J connectivity index is 1.42. The third-order valence-electron chi connectivity index (χ3n) is 5.08. The molecular weight excluding hydrogens is 338 g/mol. The second-order valence-electron chi connectivity index (χ2n) is 7.14. The lowest BCUT2D eigenvalue weighted by Gasteiger charge is -2.19. The number of carbonyl (C=O) groups is 1. The standard InChI is InChI=1S/C23H29NO3/c1-17(27-22-13-12-19-9-3-4-10-20(19)16-22)23(25)24-14-6-8-18-7-5-11-21(15-18)26-2/h5,7,11-13,15-17H,3-4,6,8-10,14H2,1-2H3,(H,24,25). The van der Waals surface area contributed by atoms with Crippen molar-refractivity contribution in [2.45, 2.75) is 51.6 Å². The molecule has 4 nitrogen and oxygen atoms in total. The summed E-state index contributed by atoms with van der Waals surface area (Å²) in [6, 6.07) is 14.3. The van der Waals surface area contributed by atoms with Gasteiger partial charge < -0.3 is 14.8 Å². The number of methoxy groups -OCH3 is 1. The molecule has 1 aliphatic carbocycles. The van der Waals surface area contributed by atoms with E-state index in [2.05, 4.69) is 23.5 Å². The van der Waals surface area contributed by atoms with Crippen molar-refractivity contribution in [1.82, 2.24) is 5.32 Å². The van der Waals surface area contributed by atoms with Crippen molar-refractivity contribution < 1.29 is 14.3 Å². The molecule has 0 radical (unpaired) electrons. The minimum atomic E-state index is -0.497. The van der Waals surface area contributed by atoms with E-state index >= 15 is 0 Å². The normalized spacial score (nSPS) is 14.1. The van der Waals surface area contributed by atoms with Crippen LogP contribution in [0.2, 0.25) is 0 Å². The molecule has 0 fully saturated rings. The van der Waals surface area contributed by atoms with Gasteiger partial charge in [0, 0.05) is 6.54 Å². The van der Waals surface area contributed by atoms with Crippen molar-refractivity contribution in [2.24, 2.45) is 0 Å². The van der Waals surface area contributed by atoms with E-state index in [-0.39, 0.29) is 5.91 Å². The summed E-state index contributed by atoms with van der Waals surface area (Å²) < 4.78 is 11.1. The molecule has 144 valence electrons. The minimum absolute atomic E-state index is 0.0710. The van der Waals surface area contributed by atoms with Crippen molar-refractivity contribution in [3.05, 3.63) is 59.2 Å². The van der Waals surface area contributed by atoms with E-state index < -0.39 is 6.10 Å². The van der Waals surface area contributed by atoms with Crippen LogP contribution in [0.25, 0.3) is 0 Å². The molecular formula is C23H29NO3. The number of aryl methyl sites for hydroxylation is 3. The van der Waals surface area contributed by atoms with Gasteiger partial charge in [-0.2, -0.15) is 0 Å². The van der Waals surface area contributed by atoms with E-state index in [0.29, 0.717) is 6.54 Å². The first kappa shape index (κ1) is 19.3. The summed E-state index contributed by atoms with van der Waals surface area (Å²) in [5.41, 5.74) is 4.00. The van der Waals surface area contributed by atoms with E-state index in [0.717, 1.165) is 37.2 Å². The predicted octanol–water partition coefficient (Wildman–Crippen LogP) is 4.09. The minimum Gasteiger partial charge on any atom is -0.497 e. The molecule has 0 aromatic heterocycles. The monoisotopic (exact) mass is 367 g/mol. The number of carbonyl (C=O) groups excluding carboxylic acids is 1. The van der Waals surface area contributed by atoms with Crippen molar-refractivity contribution in [3.63, 3.8) is 0 Å². The van der Waals surface area contributed by atoms with Gasteiger partial charge in [-0.25, -0.2) is 0 Å². The fraction of sp³-hybridized carbons (Fsp3) is 0.435. The quantitative estimate of drug-likeness (QED) is 0.715. The van der Waals surface area contributed by atoms with Crippen molar-refractivity contribution in [2.75, 3.05) is 13.7 Å². The number of amides is 1. The van der Waals surface area contributed by atoms with Gasteiger partial charge in [0.05, 0.1) is 7.11 Å². The Labute approximate surface area is 161 Å². The Morgan fingerprint density at radius 1 is 1.07 bits per heavy atom. The first-order valence-corrected chi connectivity index (χ1v) is 9.85. The van der Waals surface area contributed by atoms with Gasteiger partial charge in [0.15, 0.2) is 6.10 Å². The predicted molar refractivity (Wildman–Crippen MR) is 107 cm³/mol. The van der Waals surface area contributed by atoms with Crippen LogP contribution in [0.1, 0.15) is 42.9 Å². The first-order chi connectivity index (χ1) is 13.2. The maximum Gasteiger partial charge on any atom is 0.260 e. The molecule has 0 aliphatic heterocycles. The molecule has 0 heterocycles. The highest BCUT2D eigenvalue weighted by Gasteiger charge is 2.16. The second kappa shape index (κ2) is 9.45. The van der Waals surface area contributed by atoms with Crippen LogP contribution in [0.5, 0.6) is 11.5 Å². The molecule has 2 aromatic carbocycles. The highest BCUT2D eigenvalue weighted by atomic mass is 16.5. The SMILES string of the molecule is COc1cccc(CCCNC(=O)C(C)Oc2ccc3c(c2)CCCC3)c1. The molecule has 1 unspecified atom stereocenters. The third-order valence-corrected chi connectivity index (χ3v) is 5.08. The second-order valence-corrected chi connectivity index (χ2v) is 7.14. The summed E-state index contributed by atoms with van der Waals surface area (Å²) in [6.07, 6.45) is 6.04. The average Bonchev–Trinajstić information content (AvgIpc) is 2.71. The topological polar surface area (TPSA) is 47.6 Å². The Hall–Kier alpha value is -2.49. The molecule has 0 saturated carbocycles. The number of hydrogen-bond donors (Lipinski definition) is 1. The van der Waals surface area contributed by atoms with Crippen LogP contribution in [-0.2, 0) is 24.1 Å². The lowest BCUT2D eigenvalue weighted by molar-refractivity contribution is -0.127. The Kier molecular flexibility index (Phi) is 6.74. The molecule has 1 aliphatic rings. The molecule has 1 atom stereocenters. The van der Waals surface area contributed by atoms with Crippen molar-refractivity contribution in [1.29, 1.82) is 0 Å². The van der Waals surface area contributed by atoms with Gasteiger partial charge in [-0.3, -0.25) is 4.79 Å². The van der Waals surface area contributed by atoms with Crippen molar-refractivity contribution >= 4 is 5.91 Å². The Morgan fingerprint density at radius 3 is 2.70 bits per heavy atom. The zero-order valence-electron chi connectivity index (χ0n) is 16.3. The molecule has 1 N–H and O–H groups in total. The summed E-state index contributed by atoms with van der Waals surface area (Å²) in [5, 5.41) is 2.97. The van der Waals surface area contributed by atoms with Crippen molar-refractivity contribution in [3.8, 4) is 11.5 Å². The number of rotatable bonds is 8.